The molecule has 0 saturated carbocycles. The minimum absolute atomic E-state index is 0.259. The molecule has 0 fully saturated rings. The number of carboxylic acids is 1. The van der Waals surface area contributed by atoms with Crippen molar-refractivity contribution in [3.8, 4) is 11.5 Å². The number of rotatable bonds is 4. The summed E-state index contributed by atoms with van der Waals surface area (Å²) in [5.41, 5.74) is -1.06. The number of halogens is 2. The third-order valence-corrected chi connectivity index (χ3v) is 2.53. The summed E-state index contributed by atoms with van der Waals surface area (Å²) in [6.07, 6.45) is 0. The average Bonchev–Trinajstić information content (AvgIpc) is 2.42. The molecule has 2 aromatic carbocycles. The molecule has 21 heavy (non-hydrogen) atoms. The van der Waals surface area contributed by atoms with E-state index in [1.807, 2.05) is 0 Å². The van der Waals surface area contributed by atoms with Crippen LogP contribution in [0.15, 0.2) is 36.4 Å². The van der Waals surface area contributed by atoms with Crippen molar-refractivity contribution in [2.75, 3.05) is 0 Å². The number of benzene rings is 2. The lowest BCUT2D eigenvalue weighted by Crippen LogP contribution is -2.03. The minimum Gasteiger partial charge on any atom is -0.478 e. The van der Waals surface area contributed by atoms with Crippen molar-refractivity contribution in [1.29, 1.82) is 0 Å². The molecule has 1 N–H and O–H groups in total. The first-order chi connectivity index (χ1) is 9.90. The highest BCUT2D eigenvalue weighted by molar-refractivity contribution is 5.92. The molecule has 8 heteroatoms. The Morgan fingerprint density at radius 2 is 1.90 bits per heavy atom. The maximum absolute atomic E-state index is 13.1. The Balaban J connectivity index is 2.53. The average molecular weight is 295 g/mol. The van der Waals surface area contributed by atoms with Gasteiger partial charge in [-0.25, -0.2) is 13.6 Å². The van der Waals surface area contributed by atoms with E-state index in [1.54, 1.807) is 0 Å². The molecule has 6 nitrogen and oxygen atoms in total. The van der Waals surface area contributed by atoms with Gasteiger partial charge in [0.15, 0.2) is 11.6 Å². The maximum Gasteiger partial charge on any atom is 0.339 e. The van der Waals surface area contributed by atoms with Crippen molar-refractivity contribution >= 4 is 11.7 Å². The van der Waals surface area contributed by atoms with Gasteiger partial charge >= 0.3 is 11.7 Å². The van der Waals surface area contributed by atoms with Crippen LogP contribution in [0.5, 0.6) is 11.5 Å². The molecule has 2 aromatic rings. The first-order valence-corrected chi connectivity index (χ1v) is 5.53. The molecule has 0 amide bonds. The Morgan fingerprint density at radius 3 is 2.48 bits per heavy atom. The van der Waals surface area contributed by atoms with Crippen LogP contribution in [0, 0.1) is 21.7 Å². The topological polar surface area (TPSA) is 89.7 Å². The number of para-hydroxylation sites is 1. The molecule has 0 bridgehead atoms. The highest BCUT2D eigenvalue weighted by Crippen LogP contribution is 2.35. The molecule has 0 heterocycles. The summed E-state index contributed by atoms with van der Waals surface area (Å²) in [5, 5.41) is 19.9. The van der Waals surface area contributed by atoms with Crippen LogP contribution in [0.4, 0.5) is 14.5 Å². The number of ether oxygens (including phenoxy) is 1. The molecule has 0 saturated heterocycles. The van der Waals surface area contributed by atoms with E-state index in [1.165, 1.54) is 6.07 Å². The Morgan fingerprint density at radius 1 is 1.19 bits per heavy atom. The smallest absolute Gasteiger partial charge is 0.339 e. The summed E-state index contributed by atoms with van der Waals surface area (Å²) >= 11 is 0. The van der Waals surface area contributed by atoms with E-state index in [0.29, 0.717) is 6.07 Å². The van der Waals surface area contributed by atoms with Crippen molar-refractivity contribution in [1.82, 2.24) is 0 Å². The largest absolute Gasteiger partial charge is 0.478 e. The third-order valence-electron chi connectivity index (χ3n) is 2.53. The molecule has 2 rings (SSSR count). The molecule has 0 aliphatic carbocycles. The Hall–Kier alpha value is -3.03. The van der Waals surface area contributed by atoms with Crippen LogP contribution in [-0.4, -0.2) is 16.0 Å². The highest BCUT2D eigenvalue weighted by Gasteiger charge is 2.23. The van der Waals surface area contributed by atoms with Crippen LogP contribution in [0.1, 0.15) is 10.4 Å². The van der Waals surface area contributed by atoms with Crippen molar-refractivity contribution < 1.29 is 28.3 Å². The number of hydrogen-bond donors (Lipinski definition) is 1. The van der Waals surface area contributed by atoms with Crippen LogP contribution in [0.25, 0.3) is 0 Å². The number of nitrogens with zero attached hydrogens (tertiary/aromatic N) is 1. The monoisotopic (exact) mass is 295 g/mol. The molecule has 0 unspecified atom stereocenters. The number of nitro benzene ring substituents is 1. The summed E-state index contributed by atoms with van der Waals surface area (Å²) in [5.74, 6) is -4.60. The Kier molecular flexibility index (Phi) is 3.79. The third kappa shape index (κ3) is 2.94. The van der Waals surface area contributed by atoms with Crippen LogP contribution >= 0.6 is 0 Å². The molecule has 0 atom stereocenters. The second kappa shape index (κ2) is 5.53. The Bertz CT molecular complexity index is 700. The van der Waals surface area contributed by atoms with E-state index in [4.69, 9.17) is 9.84 Å². The first kappa shape index (κ1) is 14.4. The van der Waals surface area contributed by atoms with Crippen molar-refractivity contribution in [2.24, 2.45) is 0 Å². The van der Waals surface area contributed by atoms with Gasteiger partial charge in [-0.2, -0.15) is 0 Å². The van der Waals surface area contributed by atoms with Crippen molar-refractivity contribution in [3.05, 3.63) is 63.7 Å². The Labute approximate surface area is 116 Å². The fourth-order valence-corrected chi connectivity index (χ4v) is 1.60. The standard InChI is InChI=1S/C13H7F2NO5/c14-9-5-4-7(6-10(9)15)21-12-8(13(17)18)2-1-3-11(12)16(19)20/h1-6H,(H,17,18). The molecule has 108 valence electrons. The summed E-state index contributed by atoms with van der Waals surface area (Å²) in [4.78, 5) is 21.1. The number of carboxylic acid groups (broad SMARTS) is 1. The summed E-state index contributed by atoms with van der Waals surface area (Å²) in [6.45, 7) is 0. The maximum atomic E-state index is 13.1. The van der Waals surface area contributed by atoms with E-state index < -0.39 is 39.5 Å². The molecule has 0 aliphatic rings. The van der Waals surface area contributed by atoms with Crippen LogP contribution < -0.4 is 4.74 Å². The normalized spacial score (nSPS) is 10.2. The molecular formula is C13H7F2NO5. The summed E-state index contributed by atoms with van der Waals surface area (Å²) in [6, 6.07) is 5.78. The van der Waals surface area contributed by atoms with Crippen molar-refractivity contribution in [2.45, 2.75) is 0 Å². The van der Waals surface area contributed by atoms with E-state index in [0.717, 1.165) is 24.3 Å². The second-order valence-electron chi connectivity index (χ2n) is 3.89. The van der Waals surface area contributed by atoms with Gasteiger partial charge in [-0.3, -0.25) is 10.1 Å². The van der Waals surface area contributed by atoms with E-state index in [-0.39, 0.29) is 5.75 Å². The zero-order valence-electron chi connectivity index (χ0n) is 10.2. The predicted molar refractivity (Wildman–Crippen MR) is 66.5 cm³/mol. The van der Waals surface area contributed by atoms with Gasteiger partial charge in [0, 0.05) is 12.1 Å². The number of aromatic carboxylic acids is 1. The van der Waals surface area contributed by atoms with Crippen LogP contribution in [0.3, 0.4) is 0 Å². The summed E-state index contributed by atoms with van der Waals surface area (Å²) in [7, 11) is 0. The SMILES string of the molecule is O=C(O)c1cccc([N+](=O)[O-])c1Oc1ccc(F)c(F)c1. The van der Waals surface area contributed by atoms with Gasteiger partial charge in [-0.05, 0) is 18.2 Å². The number of hydrogen-bond acceptors (Lipinski definition) is 4. The lowest BCUT2D eigenvalue weighted by atomic mass is 10.1. The second-order valence-corrected chi connectivity index (χ2v) is 3.89. The minimum atomic E-state index is -1.45. The number of carbonyl (C=O) groups is 1. The quantitative estimate of drug-likeness (QED) is 0.690. The van der Waals surface area contributed by atoms with Gasteiger partial charge in [0.25, 0.3) is 0 Å². The van der Waals surface area contributed by atoms with Gasteiger partial charge in [-0.15, -0.1) is 0 Å². The van der Waals surface area contributed by atoms with E-state index >= 15 is 0 Å². The fourth-order valence-electron chi connectivity index (χ4n) is 1.60. The lowest BCUT2D eigenvalue weighted by molar-refractivity contribution is -0.385. The zero-order chi connectivity index (χ0) is 15.6. The van der Waals surface area contributed by atoms with Crippen LogP contribution in [-0.2, 0) is 0 Å². The molecule has 0 spiro atoms. The van der Waals surface area contributed by atoms with Gasteiger partial charge in [0.2, 0.25) is 5.75 Å². The highest BCUT2D eigenvalue weighted by atomic mass is 19.2. The molecule has 0 aromatic heterocycles. The first-order valence-electron chi connectivity index (χ1n) is 5.53. The summed E-state index contributed by atoms with van der Waals surface area (Å²) < 4.78 is 31.0. The molecule has 0 radical (unpaired) electrons. The lowest BCUT2D eigenvalue weighted by Gasteiger charge is -2.09. The zero-order valence-corrected chi connectivity index (χ0v) is 10.2. The van der Waals surface area contributed by atoms with Gasteiger partial charge < -0.3 is 9.84 Å². The predicted octanol–water partition coefficient (Wildman–Crippen LogP) is 3.36. The van der Waals surface area contributed by atoms with E-state index in [9.17, 15) is 23.7 Å². The van der Waals surface area contributed by atoms with Gasteiger partial charge in [-0.1, -0.05) is 6.07 Å². The number of nitro groups is 1. The molecule has 0 aliphatic heterocycles. The fraction of sp³-hybridized carbons (Fsp3) is 0. The van der Waals surface area contributed by atoms with Crippen molar-refractivity contribution in [3.63, 3.8) is 0 Å². The van der Waals surface area contributed by atoms with Crippen LogP contribution in [0.2, 0.25) is 0 Å². The van der Waals surface area contributed by atoms with E-state index in [2.05, 4.69) is 0 Å². The van der Waals surface area contributed by atoms with Gasteiger partial charge in [0.05, 0.1) is 4.92 Å². The van der Waals surface area contributed by atoms with Gasteiger partial charge in [0.1, 0.15) is 11.3 Å². The molecular weight excluding hydrogens is 288 g/mol.